The molecule has 0 aromatic rings. The fourth-order valence-electron chi connectivity index (χ4n) is 0.739. The van der Waals surface area contributed by atoms with Gasteiger partial charge in [-0.3, -0.25) is 5.41 Å². The first-order valence-corrected chi connectivity index (χ1v) is 5.36. The molecule has 0 radical (unpaired) electrons. The van der Waals surface area contributed by atoms with Crippen LogP contribution in [0.4, 0.5) is 13.2 Å². The van der Waals surface area contributed by atoms with Gasteiger partial charge in [-0.05, 0) is 6.42 Å². The number of thioether (sulfide) groups is 1. The Morgan fingerprint density at radius 3 is 2.29 bits per heavy atom. The molecule has 0 fully saturated rings. The molecule has 84 valence electrons. The fourth-order valence-corrected chi connectivity index (χ4v) is 1.86. The monoisotopic (exact) mass is 228 g/mol. The number of halogens is 3. The molecule has 3 N–H and O–H groups in total. The topological polar surface area (TPSA) is 49.9 Å². The second kappa shape index (κ2) is 5.48. The number of hydrogen-bond acceptors (Lipinski definition) is 2. The molecular formula is C8H15F3N2S. The summed E-state index contributed by atoms with van der Waals surface area (Å²) in [6, 6.07) is 0. The van der Waals surface area contributed by atoms with Crippen molar-refractivity contribution in [3.05, 3.63) is 0 Å². The van der Waals surface area contributed by atoms with Gasteiger partial charge in [-0.25, -0.2) is 0 Å². The summed E-state index contributed by atoms with van der Waals surface area (Å²) in [5, 5.41) is 7.02. The zero-order valence-corrected chi connectivity index (χ0v) is 9.00. The zero-order chi connectivity index (χ0) is 11.4. The number of alkyl halides is 3. The first kappa shape index (κ1) is 13.6. The van der Waals surface area contributed by atoms with Gasteiger partial charge >= 0.3 is 6.18 Å². The van der Waals surface area contributed by atoms with E-state index in [0.29, 0.717) is 0 Å². The van der Waals surface area contributed by atoms with Crippen molar-refractivity contribution >= 4 is 17.6 Å². The Morgan fingerprint density at radius 2 is 2.00 bits per heavy atom. The lowest BCUT2D eigenvalue weighted by atomic mass is 10.1. The largest absolute Gasteiger partial charge is 0.399 e. The van der Waals surface area contributed by atoms with Gasteiger partial charge in [0.15, 0.2) is 0 Å². The van der Waals surface area contributed by atoms with Crippen LogP contribution < -0.4 is 5.73 Å². The van der Waals surface area contributed by atoms with Gasteiger partial charge in [-0.15, -0.1) is 0 Å². The highest BCUT2D eigenvalue weighted by atomic mass is 32.2. The van der Waals surface area contributed by atoms with Crippen molar-refractivity contribution in [3.63, 3.8) is 0 Å². The highest BCUT2D eigenvalue weighted by molar-refractivity contribution is 7.99. The molecule has 0 bridgehead atoms. The van der Waals surface area contributed by atoms with Gasteiger partial charge in [0.2, 0.25) is 0 Å². The van der Waals surface area contributed by atoms with Crippen LogP contribution in [0.5, 0.6) is 0 Å². The summed E-state index contributed by atoms with van der Waals surface area (Å²) in [6.07, 6.45) is -3.58. The predicted octanol–water partition coefficient (Wildman–Crippen LogP) is 2.63. The van der Waals surface area contributed by atoms with E-state index >= 15 is 0 Å². The fraction of sp³-hybridized carbons (Fsp3) is 0.875. The smallest absolute Gasteiger partial charge is 0.387 e. The van der Waals surface area contributed by atoms with Crippen LogP contribution >= 0.6 is 11.8 Å². The Labute approximate surface area is 85.9 Å². The maximum Gasteiger partial charge on any atom is 0.399 e. The Morgan fingerprint density at radius 1 is 1.50 bits per heavy atom. The minimum Gasteiger partial charge on any atom is -0.387 e. The van der Waals surface area contributed by atoms with Crippen molar-refractivity contribution in [2.75, 3.05) is 5.75 Å². The number of nitrogens with one attached hydrogen (secondary N) is 1. The maximum absolute atomic E-state index is 12.3. The molecule has 2 unspecified atom stereocenters. The summed E-state index contributed by atoms with van der Waals surface area (Å²) < 4.78 is 36.9. The minimum absolute atomic E-state index is 0.159. The van der Waals surface area contributed by atoms with Crippen LogP contribution in [-0.2, 0) is 0 Å². The second-order valence-electron chi connectivity index (χ2n) is 3.10. The molecule has 2 nitrogen and oxygen atoms in total. The van der Waals surface area contributed by atoms with Crippen molar-refractivity contribution < 1.29 is 13.2 Å². The van der Waals surface area contributed by atoms with Crippen molar-refractivity contribution in [2.45, 2.75) is 31.7 Å². The molecule has 0 aliphatic rings. The summed E-state index contributed by atoms with van der Waals surface area (Å²) in [5.74, 6) is -2.76. The van der Waals surface area contributed by atoms with Crippen LogP contribution in [0.25, 0.3) is 0 Å². The second-order valence-corrected chi connectivity index (χ2v) is 4.57. The molecular weight excluding hydrogens is 213 g/mol. The average molecular weight is 228 g/mol. The van der Waals surface area contributed by atoms with Crippen LogP contribution in [0.1, 0.15) is 20.3 Å². The Balaban J connectivity index is 4.19. The van der Waals surface area contributed by atoms with E-state index in [0.717, 1.165) is 6.42 Å². The molecule has 2 atom stereocenters. The van der Waals surface area contributed by atoms with Crippen LogP contribution in [0.2, 0.25) is 0 Å². The van der Waals surface area contributed by atoms with E-state index < -0.39 is 17.9 Å². The highest BCUT2D eigenvalue weighted by Crippen LogP contribution is 2.30. The third kappa shape index (κ3) is 4.74. The van der Waals surface area contributed by atoms with Crippen molar-refractivity contribution in [1.29, 1.82) is 5.41 Å². The van der Waals surface area contributed by atoms with Crippen LogP contribution in [0.15, 0.2) is 0 Å². The van der Waals surface area contributed by atoms with E-state index in [1.54, 1.807) is 0 Å². The van der Waals surface area contributed by atoms with E-state index in [1.165, 1.54) is 11.8 Å². The molecule has 0 amide bonds. The lowest BCUT2D eigenvalue weighted by molar-refractivity contribution is -0.150. The van der Waals surface area contributed by atoms with E-state index in [1.807, 2.05) is 13.8 Å². The number of nitrogens with two attached hydrogens (primary N) is 1. The first-order chi connectivity index (χ1) is 6.29. The van der Waals surface area contributed by atoms with Crippen LogP contribution in [-0.4, -0.2) is 23.0 Å². The summed E-state index contributed by atoms with van der Waals surface area (Å²) in [6.45, 7) is 3.77. The summed E-state index contributed by atoms with van der Waals surface area (Å²) in [5.41, 5.74) is 4.90. The molecule has 14 heavy (non-hydrogen) atoms. The van der Waals surface area contributed by atoms with Gasteiger partial charge in [0.1, 0.15) is 11.8 Å². The first-order valence-electron chi connectivity index (χ1n) is 4.31. The molecule has 0 aromatic carbocycles. The normalized spacial score (nSPS) is 16.4. The lowest BCUT2D eigenvalue weighted by Gasteiger charge is -2.19. The van der Waals surface area contributed by atoms with E-state index in [-0.39, 0.29) is 11.0 Å². The van der Waals surface area contributed by atoms with Crippen molar-refractivity contribution in [2.24, 2.45) is 11.7 Å². The number of amidine groups is 1. The van der Waals surface area contributed by atoms with Gasteiger partial charge in [-0.2, -0.15) is 24.9 Å². The SMILES string of the molecule is CCC(C)SCC(C(=N)N)C(F)(F)F. The molecule has 0 saturated heterocycles. The van der Waals surface area contributed by atoms with Crippen LogP contribution in [0, 0.1) is 11.3 Å². The predicted molar refractivity (Wildman–Crippen MR) is 53.7 cm³/mol. The van der Waals surface area contributed by atoms with E-state index in [2.05, 4.69) is 0 Å². The lowest BCUT2D eigenvalue weighted by Crippen LogP contribution is -2.37. The molecule has 0 rings (SSSR count). The van der Waals surface area contributed by atoms with Gasteiger partial charge in [0, 0.05) is 11.0 Å². The third-order valence-corrected chi connectivity index (χ3v) is 3.32. The Bertz CT molecular complexity index is 194. The maximum atomic E-state index is 12.3. The van der Waals surface area contributed by atoms with Gasteiger partial charge in [-0.1, -0.05) is 13.8 Å². The molecule has 0 aliphatic carbocycles. The van der Waals surface area contributed by atoms with Gasteiger partial charge < -0.3 is 5.73 Å². The minimum atomic E-state index is -4.40. The zero-order valence-electron chi connectivity index (χ0n) is 8.19. The molecule has 0 aromatic heterocycles. The van der Waals surface area contributed by atoms with Crippen LogP contribution in [0.3, 0.4) is 0 Å². The Hall–Kier alpha value is -0.390. The summed E-state index contributed by atoms with van der Waals surface area (Å²) in [7, 11) is 0. The molecule has 6 heteroatoms. The third-order valence-electron chi connectivity index (χ3n) is 1.89. The van der Waals surface area contributed by atoms with Gasteiger partial charge in [0.05, 0.1) is 0 Å². The standard InChI is InChI=1S/C8H15F3N2S/c1-3-5(2)14-4-6(7(12)13)8(9,10)11/h5-6H,3-4H2,1-2H3,(H3,12,13). The molecule has 0 aliphatic heterocycles. The number of rotatable bonds is 5. The van der Waals surface area contributed by atoms with E-state index in [4.69, 9.17) is 11.1 Å². The highest BCUT2D eigenvalue weighted by Gasteiger charge is 2.41. The molecule has 0 spiro atoms. The molecule has 0 saturated carbocycles. The Kier molecular flexibility index (Phi) is 5.33. The quantitative estimate of drug-likeness (QED) is 0.561. The molecule has 0 heterocycles. The summed E-state index contributed by atoms with van der Waals surface area (Å²) in [4.78, 5) is 0. The average Bonchev–Trinajstić information content (AvgIpc) is 2.01. The summed E-state index contributed by atoms with van der Waals surface area (Å²) >= 11 is 1.20. The van der Waals surface area contributed by atoms with Crippen molar-refractivity contribution in [3.8, 4) is 0 Å². The van der Waals surface area contributed by atoms with Gasteiger partial charge in [0.25, 0.3) is 0 Å². The number of hydrogen-bond donors (Lipinski definition) is 2. The van der Waals surface area contributed by atoms with E-state index in [9.17, 15) is 13.2 Å². The van der Waals surface area contributed by atoms with Crippen molar-refractivity contribution in [1.82, 2.24) is 0 Å².